The van der Waals surface area contributed by atoms with E-state index in [-0.39, 0.29) is 32.0 Å². The molecule has 0 fully saturated rings. The fraction of sp³-hybridized carbons (Fsp3) is 0.957. The highest BCUT2D eigenvalue weighted by Crippen LogP contribution is 2.38. The lowest BCUT2D eigenvalue weighted by Gasteiger charge is -2.28. The molecule has 0 aliphatic carbocycles. The van der Waals surface area contributed by atoms with Crippen LogP contribution in [0.25, 0.3) is 0 Å². The maximum atomic E-state index is 12.7. The van der Waals surface area contributed by atoms with Crippen LogP contribution in [0, 0.1) is 0 Å². The molecule has 0 saturated heterocycles. The van der Waals surface area contributed by atoms with Gasteiger partial charge in [-0.1, -0.05) is 213 Å². The predicted octanol–water partition coefficient (Wildman–Crippen LogP) is 13.3. The molecule has 0 amide bonds. The molecule has 0 N–H and O–H groups in total. The maximum absolute atomic E-state index is 12.7. The van der Waals surface area contributed by atoms with Crippen molar-refractivity contribution in [3.8, 4) is 0 Å². The van der Waals surface area contributed by atoms with Crippen molar-refractivity contribution >= 4 is 19.8 Å². The van der Waals surface area contributed by atoms with Gasteiger partial charge in [-0.25, -0.2) is 0 Å². The third-order valence-corrected chi connectivity index (χ3v) is 11.8. The molecule has 0 rings (SSSR count). The number of unbranched alkanes of at least 4 members (excludes halogenated alkanes) is 31. The topological polar surface area (TPSA) is 111 Å². The summed E-state index contributed by atoms with van der Waals surface area (Å²) in [6.45, 7) is 4.28. The predicted molar refractivity (Wildman–Crippen MR) is 236 cm³/mol. The molecule has 0 saturated carbocycles. The summed E-state index contributed by atoms with van der Waals surface area (Å²) in [6, 6.07) is 0. The first-order chi connectivity index (χ1) is 27.5. The number of esters is 2. The molecule has 0 bridgehead atoms. The van der Waals surface area contributed by atoms with Gasteiger partial charge in [0.05, 0.1) is 27.7 Å². The number of phosphoric ester groups is 1. The van der Waals surface area contributed by atoms with Crippen molar-refractivity contribution in [2.45, 2.75) is 245 Å². The van der Waals surface area contributed by atoms with Gasteiger partial charge in [0.25, 0.3) is 7.82 Å². The highest BCUT2D eigenvalue weighted by molar-refractivity contribution is 7.45. The Kier molecular flexibility index (Phi) is 39.7. The number of carbonyl (C=O) groups is 2. The first kappa shape index (κ1) is 56.0. The lowest BCUT2D eigenvalue weighted by Crippen LogP contribution is -2.37. The van der Waals surface area contributed by atoms with Crippen molar-refractivity contribution in [2.75, 3.05) is 47.5 Å². The molecule has 0 aromatic rings. The van der Waals surface area contributed by atoms with E-state index in [0.29, 0.717) is 17.4 Å². The highest BCUT2D eigenvalue weighted by atomic mass is 31.2. The lowest BCUT2D eigenvalue weighted by molar-refractivity contribution is -0.870. The average Bonchev–Trinajstić information content (AvgIpc) is 3.16. The molecular weight excluding hydrogens is 737 g/mol. The number of rotatable bonds is 45. The van der Waals surface area contributed by atoms with Gasteiger partial charge in [0, 0.05) is 12.8 Å². The number of ether oxygens (including phenoxy) is 2. The second kappa shape index (κ2) is 40.4. The average molecular weight is 832 g/mol. The number of hydrogen-bond acceptors (Lipinski definition) is 8. The minimum Gasteiger partial charge on any atom is -0.756 e. The zero-order valence-corrected chi connectivity index (χ0v) is 39.2. The minimum atomic E-state index is -4.62. The molecular formula is C47H94NO8P. The van der Waals surface area contributed by atoms with Gasteiger partial charge in [-0.15, -0.1) is 0 Å². The molecule has 57 heavy (non-hydrogen) atoms. The Morgan fingerprint density at radius 2 is 0.789 bits per heavy atom. The van der Waals surface area contributed by atoms with Crippen LogP contribution >= 0.6 is 7.82 Å². The summed E-state index contributed by atoms with van der Waals surface area (Å²) in [5.41, 5.74) is 0. The van der Waals surface area contributed by atoms with E-state index in [1.165, 1.54) is 173 Å². The van der Waals surface area contributed by atoms with Crippen LogP contribution in [0.5, 0.6) is 0 Å². The normalized spacial score (nSPS) is 13.4. The molecule has 0 heterocycles. The maximum Gasteiger partial charge on any atom is 0.306 e. The van der Waals surface area contributed by atoms with Gasteiger partial charge in [-0.2, -0.15) is 0 Å². The van der Waals surface area contributed by atoms with Crippen molar-refractivity contribution in [1.82, 2.24) is 0 Å². The van der Waals surface area contributed by atoms with Crippen molar-refractivity contribution in [3.05, 3.63) is 0 Å². The van der Waals surface area contributed by atoms with Crippen LogP contribution in [0.1, 0.15) is 239 Å². The van der Waals surface area contributed by atoms with Crippen LogP contribution < -0.4 is 4.89 Å². The summed E-state index contributed by atoms with van der Waals surface area (Å²) in [5.74, 6) is -0.816. The molecule has 0 radical (unpaired) electrons. The molecule has 1 unspecified atom stereocenters. The van der Waals surface area contributed by atoms with Gasteiger partial charge in [0.2, 0.25) is 0 Å². The number of carbonyl (C=O) groups excluding carboxylic acids is 2. The first-order valence-electron chi connectivity index (χ1n) is 24.2. The Hall–Kier alpha value is -0.990. The van der Waals surface area contributed by atoms with Crippen LogP contribution in [0.3, 0.4) is 0 Å². The monoisotopic (exact) mass is 832 g/mol. The van der Waals surface area contributed by atoms with Crippen molar-refractivity contribution in [1.29, 1.82) is 0 Å². The summed E-state index contributed by atoms with van der Waals surface area (Å²) in [5, 5.41) is 0. The fourth-order valence-corrected chi connectivity index (χ4v) is 7.80. The van der Waals surface area contributed by atoms with Crippen LogP contribution in [-0.2, 0) is 32.7 Å². The molecule has 0 aromatic heterocycles. The fourth-order valence-electron chi connectivity index (χ4n) is 7.07. The molecule has 2 atom stereocenters. The summed E-state index contributed by atoms with van der Waals surface area (Å²) in [7, 11) is 1.18. The largest absolute Gasteiger partial charge is 0.756 e. The molecule has 10 heteroatoms. The van der Waals surface area contributed by atoms with E-state index < -0.39 is 26.5 Å². The van der Waals surface area contributed by atoms with Crippen LogP contribution in [-0.4, -0.2) is 70.0 Å². The van der Waals surface area contributed by atoms with Crippen LogP contribution in [0.15, 0.2) is 0 Å². The van der Waals surface area contributed by atoms with Crippen molar-refractivity contribution in [3.63, 3.8) is 0 Å². The van der Waals surface area contributed by atoms with E-state index in [4.69, 9.17) is 18.5 Å². The van der Waals surface area contributed by atoms with Gasteiger partial charge >= 0.3 is 11.9 Å². The lowest BCUT2D eigenvalue weighted by atomic mass is 10.0. The molecule has 0 aliphatic rings. The Balaban J connectivity index is 4.22. The third-order valence-electron chi connectivity index (χ3n) is 10.9. The van der Waals surface area contributed by atoms with Crippen LogP contribution in [0.4, 0.5) is 0 Å². The molecule has 0 aromatic carbocycles. The molecule has 340 valence electrons. The number of phosphoric acid groups is 1. The highest BCUT2D eigenvalue weighted by Gasteiger charge is 2.21. The van der Waals surface area contributed by atoms with Gasteiger partial charge in [0.15, 0.2) is 6.10 Å². The summed E-state index contributed by atoms with van der Waals surface area (Å²) in [6.07, 6.45) is 41.2. The Bertz CT molecular complexity index is 943. The van der Waals surface area contributed by atoms with Crippen molar-refractivity contribution in [2.24, 2.45) is 0 Å². The Morgan fingerprint density at radius 1 is 0.474 bits per heavy atom. The van der Waals surface area contributed by atoms with Crippen LogP contribution in [0.2, 0.25) is 0 Å². The minimum absolute atomic E-state index is 0.0255. The van der Waals surface area contributed by atoms with Gasteiger partial charge in [0.1, 0.15) is 19.8 Å². The van der Waals surface area contributed by atoms with Crippen molar-refractivity contribution < 1.29 is 42.1 Å². The molecule has 0 spiro atoms. The second-order valence-electron chi connectivity index (χ2n) is 17.8. The summed E-state index contributed by atoms with van der Waals surface area (Å²) in [4.78, 5) is 37.6. The summed E-state index contributed by atoms with van der Waals surface area (Å²) >= 11 is 0. The van der Waals surface area contributed by atoms with E-state index in [2.05, 4.69) is 13.8 Å². The zero-order valence-electron chi connectivity index (χ0n) is 38.3. The second-order valence-corrected chi connectivity index (χ2v) is 19.3. The molecule has 9 nitrogen and oxygen atoms in total. The quantitative estimate of drug-likeness (QED) is 0.0258. The van der Waals surface area contributed by atoms with E-state index in [9.17, 15) is 19.0 Å². The zero-order chi connectivity index (χ0) is 42.1. The Morgan fingerprint density at radius 3 is 1.12 bits per heavy atom. The molecule has 0 aliphatic heterocycles. The summed E-state index contributed by atoms with van der Waals surface area (Å²) < 4.78 is 34.0. The van der Waals surface area contributed by atoms with Gasteiger partial charge in [-0.05, 0) is 12.8 Å². The first-order valence-corrected chi connectivity index (χ1v) is 25.7. The van der Waals surface area contributed by atoms with E-state index >= 15 is 0 Å². The van der Waals surface area contributed by atoms with Gasteiger partial charge in [-0.3, -0.25) is 14.2 Å². The number of nitrogens with zero attached hydrogens (tertiary/aromatic N) is 1. The SMILES string of the molecule is CCCCCCCCCCCCCCCCCCCCCC(=O)OC[C@@H](COP(=O)([O-])OCC[N+](C)(C)C)OC(=O)CCCCCCCCCCCCCCCC. The van der Waals surface area contributed by atoms with E-state index in [0.717, 1.165) is 32.1 Å². The number of quaternary nitrogens is 1. The smallest absolute Gasteiger partial charge is 0.306 e. The van der Waals surface area contributed by atoms with E-state index in [1.807, 2.05) is 21.1 Å². The number of hydrogen-bond donors (Lipinski definition) is 0. The number of likely N-dealkylation sites (N-methyl/N-ethyl adjacent to an activating group) is 1. The Labute approximate surface area is 353 Å². The van der Waals surface area contributed by atoms with E-state index in [1.54, 1.807) is 0 Å². The van der Waals surface area contributed by atoms with Gasteiger partial charge < -0.3 is 27.9 Å². The standard InChI is InChI=1S/C47H94NO8P/c1-6-8-10-12-14-16-18-20-22-23-24-25-26-28-29-31-33-35-37-39-46(49)53-43-45(44-55-57(51,52)54-42-41-48(3,4)5)56-47(50)40-38-36-34-32-30-27-21-19-17-15-13-11-9-7-2/h45H,6-44H2,1-5H3/t45-/m0/s1. The third kappa shape index (κ3) is 44.4.